The van der Waals surface area contributed by atoms with E-state index in [0.29, 0.717) is 5.41 Å². The number of carbonyl (C=O) groups is 2. The Kier molecular flexibility index (Phi) is 4.68. The normalized spacial score (nSPS) is 28.1. The molecule has 0 aromatic carbocycles. The van der Waals surface area contributed by atoms with Gasteiger partial charge in [0.2, 0.25) is 11.8 Å². The highest BCUT2D eigenvalue weighted by Crippen LogP contribution is 2.57. The summed E-state index contributed by atoms with van der Waals surface area (Å²) in [6.45, 7) is 1.14. The summed E-state index contributed by atoms with van der Waals surface area (Å²) in [5.41, 5.74) is 5.57. The molecule has 0 heterocycles. The predicted octanol–water partition coefficient (Wildman–Crippen LogP) is 0.736. The largest absolute Gasteiger partial charge is 0.368 e. The molecule has 2 rings (SSSR count). The quantitative estimate of drug-likeness (QED) is 0.754. The van der Waals surface area contributed by atoms with Crippen molar-refractivity contribution in [3.8, 4) is 0 Å². The number of amides is 2. The lowest BCUT2D eigenvalue weighted by Gasteiger charge is -2.35. The van der Waals surface area contributed by atoms with Crippen LogP contribution in [0.25, 0.3) is 0 Å². The molecule has 0 aliphatic heterocycles. The van der Waals surface area contributed by atoms with Crippen molar-refractivity contribution in [2.24, 2.45) is 23.0 Å². The Hall–Kier alpha value is -1.10. The topological polar surface area (TPSA) is 75.4 Å². The summed E-state index contributed by atoms with van der Waals surface area (Å²) in [6.07, 6.45) is 6.86. The first kappa shape index (κ1) is 15.3. The fraction of sp³-hybridized carbons (Fsp3) is 0.867. The van der Waals surface area contributed by atoms with E-state index in [1.807, 2.05) is 0 Å². The first-order valence-electron chi connectivity index (χ1n) is 7.64. The van der Waals surface area contributed by atoms with E-state index in [0.717, 1.165) is 31.6 Å². The molecule has 0 radical (unpaired) electrons. The molecule has 2 aliphatic carbocycles. The maximum absolute atomic E-state index is 11.9. The highest BCUT2D eigenvalue weighted by Gasteiger charge is 2.50. The van der Waals surface area contributed by atoms with Crippen molar-refractivity contribution in [2.45, 2.75) is 38.5 Å². The fourth-order valence-electron chi connectivity index (χ4n) is 3.77. The van der Waals surface area contributed by atoms with E-state index in [-0.39, 0.29) is 18.4 Å². The third-order valence-corrected chi connectivity index (χ3v) is 4.92. The third kappa shape index (κ3) is 3.72. The summed E-state index contributed by atoms with van der Waals surface area (Å²) in [5, 5.41) is 2.63. The number of nitrogens with one attached hydrogen (secondary N) is 1. The van der Waals surface area contributed by atoms with Gasteiger partial charge in [-0.05, 0) is 64.0 Å². The summed E-state index contributed by atoms with van der Waals surface area (Å²) in [5.74, 6) is 0.362. The zero-order chi connectivity index (χ0) is 14.8. The second-order valence-corrected chi connectivity index (χ2v) is 6.83. The van der Waals surface area contributed by atoms with Gasteiger partial charge in [0.15, 0.2) is 0 Å². The Morgan fingerprint density at radius 2 is 1.80 bits per heavy atom. The lowest BCUT2D eigenvalue weighted by atomic mass is 9.73. The second-order valence-electron chi connectivity index (χ2n) is 6.83. The second kappa shape index (κ2) is 6.12. The number of carbonyl (C=O) groups excluding carboxylic acids is 2. The molecule has 5 heteroatoms. The van der Waals surface area contributed by atoms with Crippen molar-refractivity contribution in [2.75, 3.05) is 27.2 Å². The molecule has 0 unspecified atom stereocenters. The number of primary amides is 1. The predicted molar refractivity (Wildman–Crippen MR) is 77.9 cm³/mol. The molecular formula is C15H27N3O2. The Balaban J connectivity index is 1.78. The van der Waals surface area contributed by atoms with Crippen molar-refractivity contribution in [1.29, 1.82) is 0 Å². The van der Waals surface area contributed by atoms with Gasteiger partial charge in [-0.15, -0.1) is 0 Å². The van der Waals surface area contributed by atoms with Crippen LogP contribution in [0.5, 0.6) is 0 Å². The molecule has 2 amide bonds. The SMILES string of the molecule is CN(C)CC1(C2CCC(C(=O)NCC(N)=O)CC2)CC1. The van der Waals surface area contributed by atoms with Crippen LogP contribution in [0.1, 0.15) is 38.5 Å². The van der Waals surface area contributed by atoms with Crippen LogP contribution in [0, 0.1) is 17.3 Å². The molecule has 0 spiro atoms. The molecule has 3 N–H and O–H groups in total. The third-order valence-electron chi connectivity index (χ3n) is 4.92. The minimum Gasteiger partial charge on any atom is -0.368 e. The van der Waals surface area contributed by atoms with Gasteiger partial charge >= 0.3 is 0 Å². The molecule has 5 nitrogen and oxygen atoms in total. The van der Waals surface area contributed by atoms with Crippen LogP contribution in [0.3, 0.4) is 0 Å². The van der Waals surface area contributed by atoms with E-state index in [2.05, 4.69) is 24.3 Å². The highest BCUT2D eigenvalue weighted by molar-refractivity contribution is 5.84. The number of nitrogens with two attached hydrogens (primary N) is 1. The van der Waals surface area contributed by atoms with E-state index in [1.165, 1.54) is 19.4 Å². The summed E-state index contributed by atoms with van der Waals surface area (Å²) in [4.78, 5) is 24.9. The molecule has 0 aromatic heterocycles. The Labute approximate surface area is 121 Å². The van der Waals surface area contributed by atoms with Crippen LogP contribution < -0.4 is 11.1 Å². The number of nitrogens with zero attached hydrogens (tertiary/aromatic N) is 1. The fourth-order valence-corrected chi connectivity index (χ4v) is 3.77. The number of hydrogen-bond acceptors (Lipinski definition) is 3. The highest BCUT2D eigenvalue weighted by atomic mass is 16.2. The lowest BCUT2D eigenvalue weighted by molar-refractivity contribution is -0.128. The van der Waals surface area contributed by atoms with Gasteiger partial charge in [-0.1, -0.05) is 0 Å². The van der Waals surface area contributed by atoms with Crippen LogP contribution in [-0.2, 0) is 9.59 Å². The molecule has 2 fully saturated rings. The Morgan fingerprint density at radius 3 is 2.25 bits per heavy atom. The monoisotopic (exact) mass is 281 g/mol. The summed E-state index contributed by atoms with van der Waals surface area (Å²) in [6, 6.07) is 0. The van der Waals surface area contributed by atoms with Gasteiger partial charge in [0.1, 0.15) is 0 Å². The molecule has 0 atom stereocenters. The molecular weight excluding hydrogens is 254 g/mol. The Morgan fingerprint density at radius 1 is 1.20 bits per heavy atom. The Bertz CT molecular complexity index is 369. The maximum atomic E-state index is 11.9. The first-order valence-corrected chi connectivity index (χ1v) is 7.64. The van der Waals surface area contributed by atoms with Crippen LogP contribution in [-0.4, -0.2) is 43.9 Å². The molecule has 0 saturated heterocycles. The molecule has 0 bridgehead atoms. The van der Waals surface area contributed by atoms with Gasteiger partial charge in [-0.25, -0.2) is 0 Å². The molecule has 20 heavy (non-hydrogen) atoms. The van der Waals surface area contributed by atoms with Crippen molar-refractivity contribution in [3.63, 3.8) is 0 Å². The average Bonchev–Trinajstić information content (AvgIpc) is 3.16. The van der Waals surface area contributed by atoms with E-state index < -0.39 is 5.91 Å². The first-order chi connectivity index (χ1) is 9.43. The van der Waals surface area contributed by atoms with Crippen LogP contribution in [0.2, 0.25) is 0 Å². The molecule has 2 saturated carbocycles. The zero-order valence-corrected chi connectivity index (χ0v) is 12.7. The van der Waals surface area contributed by atoms with Crippen LogP contribution in [0.15, 0.2) is 0 Å². The number of rotatable bonds is 6. The number of hydrogen-bond donors (Lipinski definition) is 2. The minimum atomic E-state index is -0.477. The van der Waals surface area contributed by atoms with Crippen LogP contribution >= 0.6 is 0 Å². The van der Waals surface area contributed by atoms with Gasteiger partial charge in [0, 0.05) is 12.5 Å². The summed E-state index contributed by atoms with van der Waals surface area (Å²) >= 11 is 0. The zero-order valence-electron chi connectivity index (χ0n) is 12.7. The summed E-state index contributed by atoms with van der Waals surface area (Å²) in [7, 11) is 4.28. The van der Waals surface area contributed by atoms with Crippen molar-refractivity contribution < 1.29 is 9.59 Å². The van der Waals surface area contributed by atoms with E-state index in [9.17, 15) is 9.59 Å². The molecule has 2 aliphatic rings. The van der Waals surface area contributed by atoms with Gasteiger partial charge in [-0.2, -0.15) is 0 Å². The molecule has 0 aromatic rings. The van der Waals surface area contributed by atoms with Gasteiger partial charge < -0.3 is 16.0 Å². The van der Waals surface area contributed by atoms with Gasteiger partial charge in [-0.3, -0.25) is 9.59 Å². The van der Waals surface area contributed by atoms with Crippen molar-refractivity contribution in [1.82, 2.24) is 10.2 Å². The van der Waals surface area contributed by atoms with Gasteiger partial charge in [0.25, 0.3) is 0 Å². The standard InChI is InChI=1S/C15H27N3O2/c1-18(2)10-15(7-8-15)12-5-3-11(4-6-12)14(20)17-9-13(16)19/h11-12H,3-10H2,1-2H3,(H2,16,19)(H,17,20). The van der Waals surface area contributed by atoms with Crippen LogP contribution in [0.4, 0.5) is 0 Å². The minimum absolute atomic E-state index is 0.000272. The summed E-state index contributed by atoms with van der Waals surface area (Å²) < 4.78 is 0. The average molecular weight is 281 g/mol. The maximum Gasteiger partial charge on any atom is 0.236 e. The van der Waals surface area contributed by atoms with Gasteiger partial charge in [0.05, 0.1) is 6.54 Å². The van der Waals surface area contributed by atoms with Crippen molar-refractivity contribution in [3.05, 3.63) is 0 Å². The smallest absolute Gasteiger partial charge is 0.236 e. The van der Waals surface area contributed by atoms with E-state index in [1.54, 1.807) is 0 Å². The van der Waals surface area contributed by atoms with E-state index in [4.69, 9.17) is 5.73 Å². The lowest BCUT2D eigenvalue weighted by Crippen LogP contribution is -2.39. The molecule has 114 valence electrons. The van der Waals surface area contributed by atoms with Crippen molar-refractivity contribution >= 4 is 11.8 Å². The van der Waals surface area contributed by atoms with E-state index >= 15 is 0 Å².